The van der Waals surface area contributed by atoms with Crippen molar-refractivity contribution in [3.8, 4) is 21.7 Å². The van der Waals surface area contributed by atoms with Crippen LogP contribution in [0.2, 0.25) is 0 Å². The Kier molecular flexibility index (Phi) is 4.80. The van der Waals surface area contributed by atoms with Gasteiger partial charge in [-0.15, -0.1) is 10.2 Å². The second-order valence-electron chi connectivity index (χ2n) is 7.28. The predicted octanol–water partition coefficient (Wildman–Crippen LogP) is 5.39. The molecule has 2 heterocycles. The minimum absolute atomic E-state index is 0.134. The van der Waals surface area contributed by atoms with Gasteiger partial charge in [0, 0.05) is 16.8 Å². The van der Waals surface area contributed by atoms with Crippen LogP contribution in [-0.4, -0.2) is 25.7 Å². The van der Waals surface area contributed by atoms with Crippen LogP contribution in [0.3, 0.4) is 0 Å². The first-order chi connectivity index (χ1) is 15.1. The molecule has 6 nitrogen and oxygen atoms in total. The van der Waals surface area contributed by atoms with E-state index in [-0.39, 0.29) is 5.91 Å². The number of carbonyl (C=O) groups is 1. The second-order valence-corrected chi connectivity index (χ2v) is 8.23. The summed E-state index contributed by atoms with van der Waals surface area (Å²) in [6.07, 6.45) is 0. The Hall–Kier alpha value is -3.84. The molecular formula is C24H19N5OS. The molecule has 2 aromatic heterocycles. The van der Waals surface area contributed by atoms with Gasteiger partial charge in [0.15, 0.2) is 5.82 Å². The van der Waals surface area contributed by atoms with E-state index in [9.17, 15) is 4.79 Å². The lowest BCUT2D eigenvalue weighted by Crippen LogP contribution is -2.12. The molecular weight excluding hydrogens is 406 g/mol. The number of carbonyl (C=O) groups excluding carboxylic acids is 1. The average Bonchev–Trinajstić information content (AvgIpc) is 3.38. The number of rotatable bonds is 4. The van der Waals surface area contributed by atoms with E-state index < -0.39 is 0 Å². The van der Waals surface area contributed by atoms with Gasteiger partial charge in [-0.1, -0.05) is 53.8 Å². The monoisotopic (exact) mass is 425 g/mol. The summed E-state index contributed by atoms with van der Waals surface area (Å²) in [5.74, 6) is 0.626. The molecule has 152 valence electrons. The molecule has 5 rings (SSSR count). The number of benzene rings is 3. The van der Waals surface area contributed by atoms with Gasteiger partial charge in [-0.25, -0.2) is 0 Å². The summed E-state index contributed by atoms with van der Waals surface area (Å²) in [6.45, 7) is 3.85. The van der Waals surface area contributed by atoms with E-state index >= 15 is 0 Å². The molecule has 0 bridgehead atoms. The van der Waals surface area contributed by atoms with Crippen molar-refractivity contribution in [1.29, 1.82) is 0 Å². The van der Waals surface area contributed by atoms with Crippen molar-refractivity contribution in [2.45, 2.75) is 13.8 Å². The summed E-state index contributed by atoms with van der Waals surface area (Å²) in [5, 5.41) is 16.6. The summed E-state index contributed by atoms with van der Waals surface area (Å²) in [6, 6.07) is 23.6. The van der Waals surface area contributed by atoms with Crippen LogP contribution in [0.5, 0.6) is 0 Å². The molecule has 1 amide bonds. The molecule has 0 atom stereocenters. The number of amides is 1. The maximum Gasteiger partial charge on any atom is 0.255 e. The van der Waals surface area contributed by atoms with E-state index in [1.165, 1.54) is 11.3 Å². The van der Waals surface area contributed by atoms with Crippen molar-refractivity contribution >= 4 is 27.9 Å². The van der Waals surface area contributed by atoms with Gasteiger partial charge in [-0.3, -0.25) is 4.79 Å². The van der Waals surface area contributed by atoms with E-state index in [0.29, 0.717) is 5.56 Å². The molecule has 7 heteroatoms. The van der Waals surface area contributed by atoms with Crippen LogP contribution in [0.1, 0.15) is 21.7 Å². The Bertz CT molecular complexity index is 1390. The Labute approximate surface area is 183 Å². The normalized spacial score (nSPS) is 11.0. The number of hydrogen-bond acceptors (Lipinski definition) is 5. The minimum atomic E-state index is -0.134. The Morgan fingerprint density at radius 1 is 0.871 bits per heavy atom. The lowest BCUT2D eigenvalue weighted by Gasteiger charge is -2.10. The molecule has 0 radical (unpaired) electrons. The summed E-state index contributed by atoms with van der Waals surface area (Å²) in [7, 11) is 0. The Morgan fingerprint density at radius 2 is 1.58 bits per heavy atom. The minimum Gasteiger partial charge on any atom is -0.322 e. The molecule has 3 aromatic carbocycles. The van der Waals surface area contributed by atoms with Crippen molar-refractivity contribution in [2.75, 3.05) is 5.32 Å². The second kappa shape index (κ2) is 7.77. The van der Waals surface area contributed by atoms with Crippen LogP contribution in [0.15, 0.2) is 72.8 Å². The molecule has 0 saturated heterocycles. The van der Waals surface area contributed by atoms with Crippen molar-refractivity contribution in [3.63, 3.8) is 0 Å². The first kappa shape index (κ1) is 19.1. The van der Waals surface area contributed by atoms with Gasteiger partial charge in [0.05, 0.1) is 0 Å². The molecule has 0 saturated carbocycles. The lowest BCUT2D eigenvalue weighted by atomic mass is 10.0. The van der Waals surface area contributed by atoms with Gasteiger partial charge in [-0.05, 0) is 60.9 Å². The number of hydrogen-bond donors (Lipinski definition) is 1. The predicted molar refractivity (Wildman–Crippen MR) is 123 cm³/mol. The van der Waals surface area contributed by atoms with E-state index in [4.69, 9.17) is 0 Å². The van der Waals surface area contributed by atoms with Crippen molar-refractivity contribution < 1.29 is 4.79 Å². The molecule has 5 aromatic rings. The van der Waals surface area contributed by atoms with E-state index in [0.717, 1.165) is 43.7 Å². The fourth-order valence-electron chi connectivity index (χ4n) is 3.41. The lowest BCUT2D eigenvalue weighted by molar-refractivity contribution is 0.102. The van der Waals surface area contributed by atoms with Gasteiger partial charge in [-0.2, -0.15) is 9.61 Å². The first-order valence-corrected chi connectivity index (χ1v) is 10.7. The zero-order valence-corrected chi connectivity index (χ0v) is 17.9. The van der Waals surface area contributed by atoms with Crippen LogP contribution in [0, 0.1) is 13.8 Å². The fourth-order valence-corrected chi connectivity index (χ4v) is 4.29. The Balaban J connectivity index is 1.34. The van der Waals surface area contributed by atoms with Crippen LogP contribution in [0.4, 0.5) is 5.69 Å². The number of aryl methyl sites for hydroxylation is 2. The van der Waals surface area contributed by atoms with Gasteiger partial charge in [0.2, 0.25) is 4.96 Å². The number of fused-ring (bicyclic) bond motifs is 1. The third kappa shape index (κ3) is 3.71. The van der Waals surface area contributed by atoms with E-state index in [1.807, 2.05) is 74.5 Å². The molecule has 0 unspecified atom stereocenters. The number of nitrogens with zero attached hydrogens (tertiary/aromatic N) is 4. The van der Waals surface area contributed by atoms with Crippen molar-refractivity contribution in [1.82, 2.24) is 19.8 Å². The summed E-state index contributed by atoms with van der Waals surface area (Å²) in [4.78, 5) is 13.5. The van der Waals surface area contributed by atoms with Gasteiger partial charge >= 0.3 is 0 Å². The number of aromatic nitrogens is 4. The molecule has 0 aliphatic carbocycles. The van der Waals surface area contributed by atoms with E-state index in [1.54, 1.807) is 4.52 Å². The average molecular weight is 426 g/mol. The highest BCUT2D eigenvalue weighted by molar-refractivity contribution is 7.19. The highest BCUT2D eigenvalue weighted by Gasteiger charge is 2.13. The third-order valence-electron chi connectivity index (χ3n) is 5.12. The van der Waals surface area contributed by atoms with Gasteiger partial charge in [0.25, 0.3) is 5.91 Å². The maximum absolute atomic E-state index is 12.7. The zero-order chi connectivity index (χ0) is 21.4. The van der Waals surface area contributed by atoms with E-state index in [2.05, 4.69) is 32.7 Å². The largest absolute Gasteiger partial charge is 0.322 e. The third-order valence-corrected chi connectivity index (χ3v) is 6.07. The smallest absolute Gasteiger partial charge is 0.255 e. The standard InChI is InChI=1S/C24H19N5OS/c1-15-14-20(23-28-29-16(2)26-27-24(29)31-23)12-13-21(15)25-22(30)19-10-8-18(9-11-19)17-6-4-3-5-7-17/h3-14H,1-2H3,(H,25,30). The molecule has 0 fully saturated rings. The quantitative estimate of drug-likeness (QED) is 0.419. The zero-order valence-electron chi connectivity index (χ0n) is 17.0. The van der Waals surface area contributed by atoms with Crippen molar-refractivity contribution in [2.24, 2.45) is 0 Å². The summed E-state index contributed by atoms with van der Waals surface area (Å²) in [5.41, 5.74) is 5.55. The Morgan fingerprint density at radius 3 is 2.29 bits per heavy atom. The number of anilines is 1. The van der Waals surface area contributed by atoms with Gasteiger partial charge in [0.1, 0.15) is 5.01 Å². The molecule has 0 spiro atoms. The first-order valence-electron chi connectivity index (χ1n) is 9.85. The van der Waals surface area contributed by atoms with Crippen LogP contribution in [0.25, 0.3) is 26.7 Å². The molecule has 0 aliphatic heterocycles. The van der Waals surface area contributed by atoms with Crippen LogP contribution in [-0.2, 0) is 0 Å². The van der Waals surface area contributed by atoms with Crippen LogP contribution < -0.4 is 5.32 Å². The summed E-state index contributed by atoms with van der Waals surface area (Å²) >= 11 is 1.49. The van der Waals surface area contributed by atoms with Crippen molar-refractivity contribution in [3.05, 3.63) is 89.7 Å². The van der Waals surface area contributed by atoms with Crippen LogP contribution >= 0.6 is 11.3 Å². The topological polar surface area (TPSA) is 72.2 Å². The SMILES string of the molecule is Cc1cc(-c2nn3c(C)nnc3s2)ccc1NC(=O)c1ccc(-c2ccccc2)cc1. The molecule has 31 heavy (non-hydrogen) atoms. The summed E-state index contributed by atoms with van der Waals surface area (Å²) < 4.78 is 1.74. The highest BCUT2D eigenvalue weighted by atomic mass is 32.1. The molecule has 1 N–H and O–H groups in total. The highest BCUT2D eigenvalue weighted by Crippen LogP contribution is 2.29. The molecule has 0 aliphatic rings. The maximum atomic E-state index is 12.7. The van der Waals surface area contributed by atoms with Gasteiger partial charge < -0.3 is 5.32 Å². The fraction of sp³-hybridized carbons (Fsp3) is 0.0833. The number of nitrogens with one attached hydrogen (secondary N) is 1.